The van der Waals surface area contributed by atoms with Crippen molar-refractivity contribution in [3.63, 3.8) is 0 Å². The first-order valence-electron chi connectivity index (χ1n) is 7.13. The molecule has 3 rings (SSSR count). The predicted molar refractivity (Wildman–Crippen MR) is 83.0 cm³/mol. The molecule has 1 aliphatic rings. The molecule has 1 aromatic heterocycles. The third kappa shape index (κ3) is 3.12. The SMILES string of the molecule is CS(=O)(=O)N[C@@H]1CCCN(C(=O)c2cccc3cn[nH]c23)C1. The summed E-state index contributed by atoms with van der Waals surface area (Å²) in [6.07, 6.45) is 4.33. The average molecular weight is 322 g/mol. The van der Waals surface area contributed by atoms with Gasteiger partial charge in [0.25, 0.3) is 5.91 Å². The second-order valence-corrected chi connectivity index (χ2v) is 7.40. The van der Waals surface area contributed by atoms with Gasteiger partial charge in [0.1, 0.15) is 0 Å². The first-order valence-corrected chi connectivity index (χ1v) is 9.02. The van der Waals surface area contributed by atoms with Crippen molar-refractivity contribution in [2.24, 2.45) is 0 Å². The van der Waals surface area contributed by atoms with Crippen molar-refractivity contribution in [2.75, 3.05) is 19.3 Å². The molecular formula is C14H18N4O3S. The summed E-state index contributed by atoms with van der Waals surface area (Å²) in [4.78, 5) is 14.4. The number of rotatable bonds is 3. The molecule has 0 spiro atoms. The second-order valence-electron chi connectivity index (χ2n) is 5.62. The lowest BCUT2D eigenvalue weighted by atomic mass is 10.0. The monoisotopic (exact) mass is 322 g/mol. The highest BCUT2D eigenvalue weighted by Gasteiger charge is 2.27. The highest BCUT2D eigenvalue weighted by atomic mass is 32.2. The average Bonchev–Trinajstić information content (AvgIpc) is 2.93. The summed E-state index contributed by atoms with van der Waals surface area (Å²) in [5.74, 6) is -0.102. The fraction of sp³-hybridized carbons (Fsp3) is 0.429. The van der Waals surface area contributed by atoms with E-state index in [1.165, 1.54) is 0 Å². The molecule has 7 nitrogen and oxygen atoms in total. The van der Waals surface area contributed by atoms with E-state index in [0.29, 0.717) is 24.2 Å². The third-order valence-corrected chi connectivity index (χ3v) is 4.56. The van der Waals surface area contributed by atoms with Crippen LogP contribution in [0.5, 0.6) is 0 Å². The van der Waals surface area contributed by atoms with Crippen molar-refractivity contribution < 1.29 is 13.2 Å². The summed E-state index contributed by atoms with van der Waals surface area (Å²) < 4.78 is 25.3. The Morgan fingerprint density at radius 2 is 2.27 bits per heavy atom. The van der Waals surface area contributed by atoms with Crippen molar-refractivity contribution >= 4 is 26.8 Å². The molecule has 1 amide bonds. The predicted octanol–water partition coefficient (Wildman–Crippen LogP) is 0.717. The summed E-state index contributed by atoms with van der Waals surface area (Å²) in [5, 5.41) is 7.70. The van der Waals surface area contributed by atoms with Crippen LogP contribution in [-0.2, 0) is 10.0 Å². The van der Waals surface area contributed by atoms with Gasteiger partial charge in [0.15, 0.2) is 0 Å². The molecule has 1 saturated heterocycles. The number of aromatic amines is 1. The summed E-state index contributed by atoms with van der Waals surface area (Å²) in [5.41, 5.74) is 1.28. The number of piperidine rings is 1. The lowest BCUT2D eigenvalue weighted by Gasteiger charge is -2.32. The Labute approximate surface area is 128 Å². The van der Waals surface area contributed by atoms with E-state index in [9.17, 15) is 13.2 Å². The molecule has 0 radical (unpaired) electrons. The van der Waals surface area contributed by atoms with Crippen LogP contribution >= 0.6 is 0 Å². The molecule has 0 unspecified atom stereocenters. The number of nitrogens with one attached hydrogen (secondary N) is 2. The van der Waals surface area contributed by atoms with Gasteiger partial charge in [-0.15, -0.1) is 0 Å². The number of benzene rings is 1. The molecule has 118 valence electrons. The lowest BCUT2D eigenvalue weighted by Crippen LogP contribution is -2.49. The first-order chi connectivity index (χ1) is 10.4. The van der Waals surface area contributed by atoms with Crippen LogP contribution in [0.4, 0.5) is 0 Å². The van der Waals surface area contributed by atoms with Crippen LogP contribution < -0.4 is 4.72 Å². The number of H-pyrrole nitrogens is 1. The molecular weight excluding hydrogens is 304 g/mol. The number of hydrogen-bond acceptors (Lipinski definition) is 4. The Kier molecular flexibility index (Phi) is 3.88. The molecule has 1 atom stereocenters. The van der Waals surface area contributed by atoms with E-state index in [-0.39, 0.29) is 11.9 Å². The zero-order valence-electron chi connectivity index (χ0n) is 12.2. The molecule has 0 aliphatic carbocycles. The van der Waals surface area contributed by atoms with E-state index in [2.05, 4.69) is 14.9 Å². The number of carbonyl (C=O) groups is 1. The quantitative estimate of drug-likeness (QED) is 0.870. The van der Waals surface area contributed by atoms with Gasteiger partial charge in [-0.2, -0.15) is 5.10 Å². The van der Waals surface area contributed by atoms with Gasteiger partial charge in [0, 0.05) is 24.5 Å². The fourth-order valence-electron chi connectivity index (χ4n) is 2.88. The van der Waals surface area contributed by atoms with Crippen LogP contribution in [0.1, 0.15) is 23.2 Å². The van der Waals surface area contributed by atoms with Gasteiger partial charge in [0.05, 0.1) is 23.5 Å². The van der Waals surface area contributed by atoms with Crippen molar-refractivity contribution in [3.05, 3.63) is 30.0 Å². The highest BCUT2D eigenvalue weighted by molar-refractivity contribution is 7.88. The van der Waals surface area contributed by atoms with Crippen molar-refractivity contribution in [1.82, 2.24) is 19.8 Å². The summed E-state index contributed by atoms with van der Waals surface area (Å²) in [6.45, 7) is 1.02. The van der Waals surface area contributed by atoms with Gasteiger partial charge >= 0.3 is 0 Å². The van der Waals surface area contributed by atoms with Crippen LogP contribution in [0, 0.1) is 0 Å². The van der Waals surface area contributed by atoms with Crippen LogP contribution in [-0.4, -0.2) is 54.8 Å². The number of aromatic nitrogens is 2. The Bertz CT molecular complexity index is 799. The number of nitrogens with zero attached hydrogens (tertiary/aromatic N) is 2. The first kappa shape index (κ1) is 15.0. The minimum Gasteiger partial charge on any atom is -0.337 e. The largest absolute Gasteiger partial charge is 0.337 e. The van der Waals surface area contributed by atoms with E-state index >= 15 is 0 Å². The minimum absolute atomic E-state index is 0.102. The highest BCUT2D eigenvalue weighted by Crippen LogP contribution is 2.20. The van der Waals surface area contributed by atoms with Crippen LogP contribution in [0.25, 0.3) is 10.9 Å². The molecule has 1 fully saturated rings. The maximum Gasteiger partial charge on any atom is 0.256 e. The molecule has 1 aromatic carbocycles. The van der Waals surface area contributed by atoms with Gasteiger partial charge < -0.3 is 4.90 Å². The van der Waals surface area contributed by atoms with E-state index < -0.39 is 10.0 Å². The molecule has 2 heterocycles. The van der Waals surface area contributed by atoms with Crippen LogP contribution in [0.2, 0.25) is 0 Å². The zero-order chi connectivity index (χ0) is 15.7. The number of carbonyl (C=O) groups excluding carboxylic acids is 1. The van der Waals surface area contributed by atoms with Gasteiger partial charge in [0.2, 0.25) is 10.0 Å². The number of fused-ring (bicyclic) bond motifs is 1. The van der Waals surface area contributed by atoms with Crippen LogP contribution in [0.3, 0.4) is 0 Å². The molecule has 8 heteroatoms. The molecule has 2 aromatic rings. The molecule has 1 aliphatic heterocycles. The van der Waals surface area contributed by atoms with E-state index in [1.807, 2.05) is 12.1 Å². The minimum atomic E-state index is -3.27. The number of sulfonamides is 1. The molecule has 22 heavy (non-hydrogen) atoms. The number of likely N-dealkylation sites (tertiary alicyclic amines) is 1. The molecule has 2 N–H and O–H groups in total. The second kappa shape index (κ2) is 5.69. The van der Waals surface area contributed by atoms with Gasteiger partial charge in [-0.05, 0) is 18.9 Å². The Morgan fingerprint density at radius 3 is 3.05 bits per heavy atom. The van der Waals surface area contributed by atoms with Crippen molar-refractivity contribution in [2.45, 2.75) is 18.9 Å². The third-order valence-electron chi connectivity index (χ3n) is 3.80. The van der Waals surface area contributed by atoms with E-state index in [1.54, 1.807) is 17.2 Å². The van der Waals surface area contributed by atoms with Crippen molar-refractivity contribution in [3.8, 4) is 0 Å². The maximum absolute atomic E-state index is 12.7. The standard InChI is InChI=1S/C14H18N4O3S/c1-22(20,21)17-11-5-3-7-18(9-11)14(19)12-6-2-4-10-8-15-16-13(10)12/h2,4,6,8,11,17H,3,5,7,9H2,1H3,(H,15,16)/t11-/m1/s1. The summed E-state index contributed by atoms with van der Waals surface area (Å²) in [7, 11) is -3.27. The Balaban J connectivity index is 1.81. The number of amides is 1. The molecule has 0 bridgehead atoms. The van der Waals surface area contributed by atoms with E-state index in [4.69, 9.17) is 0 Å². The van der Waals surface area contributed by atoms with Gasteiger partial charge in [-0.25, -0.2) is 13.1 Å². The zero-order valence-corrected chi connectivity index (χ0v) is 13.1. The maximum atomic E-state index is 12.7. The topological polar surface area (TPSA) is 95.2 Å². The lowest BCUT2D eigenvalue weighted by molar-refractivity contribution is 0.0705. The normalized spacial score (nSPS) is 19.5. The van der Waals surface area contributed by atoms with Gasteiger partial charge in [-0.1, -0.05) is 12.1 Å². The Hall–Kier alpha value is -1.93. The molecule has 0 saturated carbocycles. The van der Waals surface area contributed by atoms with Gasteiger partial charge in [-0.3, -0.25) is 9.89 Å². The smallest absolute Gasteiger partial charge is 0.256 e. The Morgan fingerprint density at radius 1 is 1.45 bits per heavy atom. The fourth-order valence-corrected chi connectivity index (χ4v) is 3.68. The van der Waals surface area contributed by atoms with E-state index in [0.717, 1.165) is 24.5 Å². The summed E-state index contributed by atoms with van der Waals surface area (Å²) >= 11 is 0. The van der Waals surface area contributed by atoms with Crippen LogP contribution in [0.15, 0.2) is 24.4 Å². The summed E-state index contributed by atoms with van der Waals surface area (Å²) in [6, 6.07) is 5.24. The number of hydrogen-bond donors (Lipinski definition) is 2. The van der Waals surface area contributed by atoms with Crippen molar-refractivity contribution in [1.29, 1.82) is 0 Å². The number of para-hydroxylation sites is 1.